The Hall–Kier alpha value is -3.48. The van der Waals surface area contributed by atoms with Crippen molar-refractivity contribution in [3.63, 3.8) is 0 Å². The molecule has 1 aliphatic rings. The van der Waals surface area contributed by atoms with E-state index >= 15 is 0 Å². The van der Waals surface area contributed by atoms with Gasteiger partial charge in [-0.1, -0.05) is 12.1 Å². The van der Waals surface area contributed by atoms with Gasteiger partial charge in [-0.15, -0.1) is 0 Å². The summed E-state index contributed by atoms with van der Waals surface area (Å²) in [5.74, 6) is -0.574. The van der Waals surface area contributed by atoms with Crippen molar-refractivity contribution in [1.29, 1.82) is 0 Å². The maximum atomic E-state index is 13.3. The molecule has 148 valence electrons. The maximum Gasteiger partial charge on any atom is 0.272 e. The Morgan fingerprint density at radius 1 is 1.21 bits per heavy atom. The van der Waals surface area contributed by atoms with Crippen LogP contribution in [-0.4, -0.2) is 21.6 Å². The summed E-state index contributed by atoms with van der Waals surface area (Å²) in [6, 6.07) is 11.6. The van der Waals surface area contributed by atoms with Crippen LogP contribution in [0, 0.1) is 12.7 Å². The zero-order valence-corrected chi connectivity index (χ0v) is 16.2. The van der Waals surface area contributed by atoms with Gasteiger partial charge in [0.1, 0.15) is 5.82 Å². The van der Waals surface area contributed by atoms with Crippen LogP contribution in [0.4, 0.5) is 10.1 Å². The van der Waals surface area contributed by atoms with Gasteiger partial charge in [0.25, 0.3) is 5.91 Å². The Morgan fingerprint density at radius 3 is 2.83 bits per heavy atom. The van der Waals surface area contributed by atoms with Crippen LogP contribution in [0.3, 0.4) is 0 Å². The van der Waals surface area contributed by atoms with Gasteiger partial charge in [-0.2, -0.15) is 5.10 Å². The summed E-state index contributed by atoms with van der Waals surface area (Å²) in [6.07, 6.45) is 2.84. The third kappa shape index (κ3) is 3.89. The van der Waals surface area contributed by atoms with Crippen LogP contribution < -0.4 is 10.6 Å². The van der Waals surface area contributed by atoms with Gasteiger partial charge < -0.3 is 10.6 Å². The van der Waals surface area contributed by atoms with Crippen LogP contribution in [-0.2, 0) is 11.2 Å². The third-order valence-electron chi connectivity index (χ3n) is 5.10. The van der Waals surface area contributed by atoms with Gasteiger partial charge in [0.05, 0.1) is 11.7 Å². The minimum absolute atomic E-state index is 0.0265. The smallest absolute Gasteiger partial charge is 0.272 e. The van der Waals surface area contributed by atoms with Gasteiger partial charge in [0.2, 0.25) is 5.91 Å². The first kappa shape index (κ1) is 18.9. The molecule has 2 aromatic carbocycles. The number of aromatic nitrogens is 2. The largest absolute Gasteiger partial charge is 0.344 e. The van der Waals surface area contributed by atoms with Crippen LogP contribution in [0.2, 0.25) is 0 Å². The van der Waals surface area contributed by atoms with Gasteiger partial charge >= 0.3 is 0 Å². The molecule has 0 saturated heterocycles. The highest BCUT2D eigenvalue weighted by Gasteiger charge is 2.18. The van der Waals surface area contributed by atoms with E-state index < -0.39 is 0 Å². The molecule has 2 N–H and O–H groups in total. The molecule has 1 aromatic heterocycles. The number of anilines is 1. The van der Waals surface area contributed by atoms with E-state index in [0.717, 1.165) is 28.1 Å². The summed E-state index contributed by atoms with van der Waals surface area (Å²) < 4.78 is 14.9. The van der Waals surface area contributed by atoms with Crippen molar-refractivity contribution in [1.82, 2.24) is 15.1 Å². The fourth-order valence-corrected chi connectivity index (χ4v) is 3.48. The quantitative estimate of drug-likeness (QED) is 0.711. The molecule has 7 heteroatoms. The lowest BCUT2D eigenvalue weighted by Crippen LogP contribution is -2.27. The van der Waals surface area contributed by atoms with Gasteiger partial charge in [-0.25, -0.2) is 9.07 Å². The highest BCUT2D eigenvalue weighted by atomic mass is 19.1. The number of fused-ring (bicyclic) bond motifs is 1. The van der Waals surface area contributed by atoms with Gasteiger partial charge in [0, 0.05) is 18.3 Å². The molecule has 0 aliphatic carbocycles. The summed E-state index contributed by atoms with van der Waals surface area (Å²) in [6.45, 7) is 3.70. The Morgan fingerprint density at radius 2 is 2.03 bits per heavy atom. The number of amides is 2. The number of aryl methyl sites for hydroxylation is 2. The van der Waals surface area contributed by atoms with Crippen LogP contribution in [0.5, 0.6) is 0 Å². The summed E-state index contributed by atoms with van der Waals surface area (Å²) >= 11 is 0. The molecule has 1 unspecified atom stereocenters. The number of halogens is 1. The Bertz CT molecular complexity index is 1110. The average Bonchev–Trinajstić information content (AvgIpc) is 3.17. The van der Waals surface area contributed by atoms with Crippen molar-refractivity contribution >= 4 is 17.5 Å². The first-order chi connectivity index (χ1) is 13.9. The van der Waals surface area contributed by atoms with Crippen molar-refractivity contribution < 1.29 is 14.0 Å². The first-order valence-corrected chi connectivity index (χ1v) is 9.46. The highest BCUT2D eigenvalue weighted by molar-refractivity contribution is 5.94. The molecular weight excluding hydrogens is 371 g/mol. The molecule has 0 radical (unpaired) electrons. The van der Waals surface area contributed by atoms with Crippen LogP contribution in [0.25, 0.3) is 5.69 Å². The second kappa shape index (κ2) is 7.50. The van der Waals surface area contributed by atoms with E-state index in [2.05, 4.69) is 15.7 Å². The lowest BCUT2D eigenvalue weighted by Gasteiger charge is -2.20. The molecular formula is C22H21FN4O2. The molecule has 0 saturated carbocycles. The topological polar surface area (TPSA) is 76.0 Å². The molecule has 1 atom stereocenters. The zero-order chi connectivity index (χ0) is 20.5. The molecule has 6 nitrogen and oxygen atoms in total. The molecule has 1 aliphatic heterocycles. The van der Waals surface area contributed by atoms with Crippen LogP contribution >= 0.6 is 0 Å². The van der Waals surface area contributed by atoms with Gasteiger partial charge in [-0.05, 0) is 67.3 Å². The molecule has 29 heavy (non-hydrogen) atoms. The normalized spacial score (nSPS) is 14.1. The minimum atomic E-state index is -0.310. The van der Waals surface area contributed by atoms with Crippen molar-refractivity contribution in [2.24, 2.45) is 0 Å². The third-order valence-corrected chi connectivity index (χ3v) is 5.10. The summed E-state index contributed by atoms with van der Waals surface area (Å²) in [7, 11) is 0. The van der Waals surface area contributed by atoms with Crippen molar-refractivity contribution in [3.8, 4) is 5.69 Å². The summed E-state index contributed by atoms with van der Waals surface area (Å²) in [5, 5.41) is 10.1. The number of carbonyl (C=O) groups is 2. The van der Waals surface area contributed by atoms with Crippen molar-refractivity contribution in [2.45, 2.75) is 32.7 Å². The Labute approximate surface area is 167 Å². The summed E-state index contributed by atoms with van der Waals surface area (Å²) in [4.78, 5) is 24.1. The minimum Gasteiger partial charge on any atom is -0.344 e. The van der Waals surface area contributed by atoms with Crippen LogP contribution in [0.15, 0.2) is 48.7 Å². The predicted molar refractivity (Wildman–Crippen MR) is 108 cm³/mol. The first-order valence-electron chi connectivity index (χ1n) is 9.46. The van der Waals surface area contributed by atoms with E-state index in [0.29, 0.717) is 12.8 Å². The zero-order valence-electron chi connectivity index (χ0n) is 16.2. The number of nitrogens with one attached hydrogen (secondary N) is 2. The number of benzene rings is 2. The monoisotopic (exact) mass is 392 g/mol. The Kier molecular flexibility index (Phi) is 4.88. The molecule has 2 heterocycles. The van der Waals surface area contributed by atoms with Crippen molar-refractivity contribution in [3.05, 3.63) is 76.9 Å². The second-order valence-electron chi connectivity index (χ2n) is 7.24. The molecule has 0 spiro atoms. The molecule has 0 bridgehead atoms. The van der Waals surface area contributed by atoms with Crippen LogP contribution in [0.1, 0.15) is 46.6 Å². The molecule has 2 amide bonds. The Balaban J connectivity index is 1.48. The number of nitrogens with zero attached hydrogens (tertiary/aromatic N) is 2. The van der Waals surface area contributed by atoms with Gasteiger partial charge in [0.15, 0.2) is 5.69 Å². The van der Waals surface area contributed by atoms with Gasteiger partial charge in [-0.3, -0.25) is 9.59 Å². The average molecular weight is 392 g/mol. The predicted octanol–water partition coefficient (Wildman–Crippen LogP) is 3.70. The number of hydrogen-bond donors (Lipinski definition) is 2. The van der Waals surface area contributed by atoms with Crippen molar-refractivity contribution in [2.75, 3.05) is 5.32 Å². The number of carbonyl (C=O) groups excluding carboxylic acids is 2. The molecule has 0 fully saturated rings. The lowest BCUT2D eigenvalue weighted by molar-refractivity contribution is -0.116. The van der Waals surface area contributed by atoms with E-state index in [4.69, 9.17) is 0 Å². The van der Waals surface area contributed by atoms with E-state index in [1.807, 2.05) is 25.1 Å². The molecule has 4 rings (SSSR count). The van der Waals surface area contributed by atoms with E-state index in [1.54, 1.807) is 29.9 Å². The molecule has 3 aromatic rings. The van der Waals surface area contributed by atoms with E-state index in [9.17, 15) is 14.0 Å². The SMILES string of the molecule is Cc1cc(F)ccc1-n1ccc(C(=O)NC(C)c2ccc3c(c2)CCC(=O)N3)n1. The summed E-state index contributed by atoms with van der Waals surface area (Å²) in [5.41, 5.74) is 4.59. The van der Waals surface area contributed by atoms with E-state index in [1.165, 1.54) is 12.1 Å². The van der Waals surface area contributed by atoms with E-state index in [-0.39, 0.29) is 29.4 Å². The fourth-order valence-electron chi connectivity index (χ4n) is 3.48. The number of hydrogen-bond acceptors (Lipinski definition) is 3. The lowest BCUT2D eigenvalue weighted by atomic mass is 9.98. The fraction of sp³-hybridized carbons (Fsp3) is 0.227. The number of rotatable bonds is 4. The standard InChI is InChI=1S/C22H21FN4O2/c1-13-11-17(23)5-7-20(13)27-10-9-19(26-27)22(29)24-14(2)15-3-6-18-16(12-15)4-8-21(28)25-18/h3,5-7,9-12,14H,4,8H2,1-2H3,(H,24,29)(H,25,28). The maximum absolute atomic E-state index is 13.3. The second-order valence-corrected chi connectivity index (χ2v) is 7.24. The highest BCUT2D eigenvalue weighted by Crippen LogP contribution is 2.26.